The maximum Gasteiger partial charge on any atom is 0.357 e. The molecule has 0 bridgehead atoms. The Kier molecular flexibility index (Phi) is 4.29. The predicted octanol–water partition coefficient (Wildman–Crippen LogP) is 3.32. The van der Waals surface area contributed by atoms with E-state index >= 15 is 0 Å². The van der Waals surface area contributed by atoms with E-state index in [0.717, 1.165) is 5.56 Å². The van der Waals surface area contributed by atoms with Crippen molar-refractivity contribution >= 4 is 5.97 Å². The minimum absolute atomic E-state index is 0.0507. The van der Waals surface area contributed by atoms with Gasteiger partial charge < -0.3 is 9.94 Å². The Morgan fingerprint density at radius 2 is 1.83 bits per heavy atom. The quantitative estimate of drug-likeness (QED) is 0.781. The van der Waals surface area contributed by atoms with Crippen LogP contribution in [0.1, 0.15) is 21.7 Å². The van der Waals surface area contributed by atoms with Crippen molar-refractivity contribution in [2.24, 2.45) is 0 Å². The molecule has 0 saturated carbocycles. The molecule has 24 heavy (non-hydrogen) atoms. The van der Waals surface area contributed by atoms with Crippen LogP contribution in [-0.4, -0.2) is 20.8 Å². The molecule has 0 aliphatic carbocycles. The van der Waals surface area contributed by atoms with Gasteiger partial charge in [0.25, 0.3) is 0 Å². The Hall–Kier alpha value is -3.15. The molecule has 3 aromatic rings. The number of benzene rings is 2. The molecule has 6 heteroatoms. The fourth-order valence-corrected chi connectivity index (χ4v) is 2.37. The lowest BCUT2D eigenvalue weighted by Gasteiger charge is -2.12. The zero-order valence-corrected chi connectivity index (χ0v) is 12.9. The van der Waals surface area contributed by atoms with Gasteiger partial charge in [-0.15, -0.1) is 0 Å². The summed E-state index contributed by atoms with van der Waals surface area (Å²) in [5.74, 6) is -1.19. The minimum Gasteiger partial charge on any atom is -0.476 e. The van der Waals surface area contributed by atoms with Gasteiger partial charge in [-0.1, -0.05) is 30.3 Å². The van der Waals surface area contributed by atoms with Crippen molar-refractivity contribution in [1.82, 2.24) is 9.71 Å². The standard InChI is InChI=1S/C18H15FN2O3/c1-12-16(18(22)23)21(24-11-13-5-3-2-4-6-13)17(20-12)14-7-9-15(19)10-8-14/h2-10H,11H2,1H3,(H,22,23). The maximum absolute atomic E-state index is 13.1. The molecule has 0 unspecified atom stereocenters. The second-order valence-corrected chi connectivity index (χ2v) is 5.23. The fourth-order valence-electron chi connectivity index (χ4n) is 2.37. The molecule has 122 valence electrons. The van der Waals surface area contributed by atoms with Gasteiger partial charge in [-0.2, -0.15) is 4.73 Å². The minimum atomic E-state index is -1.14. The normalized spacial score (nSPS) is 10.6. The number of imidazole rings is 1. The van der Waals surface area contributed by atoms with Crippen LogP contribution in [0.3, 0.4) is 0 Å². The lowest BCUT2D eigenvalue weighted by atomic mass is 10.2. The Morgan fingerprint density at radius 3 is 2.46 bits per heavy atom. The van der Waals surface area contributed by atoms with Gasteiger partial charge in [0.1, 0.15) is 12.4 Å². The van der Waals surface area contributed by atoms with Gasteiger partial charge >= 0.3 is 5.97 Å². The monoisotopic (exact) mass is 326 g/mol. The molecule has 1 aromatic heterocycles. The fraction of sp³-hybridized carbons (Fsp3) is 0.111. The summed E-state index contributed by atoms with van der Waals surface area (Å²) in [6.45, 7) is 1.78. The molecule has 3 rings (SSSR count). The Bertz CT molecular complexity index is 858. The first-order valence-electron chi connectivity index (χ1n) is 7.32. The highest BCUT2D eigenvalue weighted by Gasteiger charge is 2.22. The summed E-state index contributed by atoms with van der Waals surface area (Å²) >= 11 is 0. The summed E-state index contributed by atoms with van der Waals surface area (Å²) in [6.07, 6.45) is 0. The average Bonchev–Trinajstić information content (AvgIpc) is 2.91. The van der Waals surface area contributed by atoms with Crippen molar-refractivity contribution in [3.05, 3.63) is 77.4 Å². The van der Waals surface area contributed by atoms with E-state index in [2.05, 4.69) is 4.98 Å². The second-order valence-electron chi connectivity index (χ2n) is 5.23. The number of aromatic carboxylic acids is 1. The van der Waals surface area contributed by atoms with Crippen molar-refractivity contribution in [3.8, 4) is 11.4 Å². The third-order valence-electron chi connectivity index (χ3n) is 3.52. The third-order valence-corrected chi connectivity index (χ3v) is 3.52. The van der Waals surface area contributed by atoms with Crippen molar-refractivity contribution in [2.75, 3.05) is 0 Å². The van der Waals surface area contributed by atoms with E-state index < -0.39 is 5.97 Å². The Balaban J connectivity index is 2.01. The van der Waals surface area contributed by atoms with E-state index in [4.69, 9.17) is 4.84 Å². The summed E-state index contributed by atoms with van der Waals surface area (Å²) < 4.78 is 14.3. The van der Waals surface area contributed by atoms with Crippen molar-refractivity contribution in [2.45, 2.75) is 13.5 Å². The van der Waals surface area contributed by atoms with Crippen LogP contribution >= 0.6 is 0 Å². The number of hydrogen-bond donors (Lipinski definition) is 1. The van der Waals surface area contributed by atoms with Gasteiger partial charge in [0, 0.05) is 5.56 Å². The molecule has 0 aliphatic rings. The molecule has 1 N–H and O–H groups in total. The molecule has 5 nitrogen and oxygen atoms in total. The van der Waals surface area contributed by atoms with Crippen LogP contribution in [0.15, 0.2) is 54.6 Å². The topological polar surface area (TPSA) is 64.4 Å². The number of hydrogen-bond acceptors (Lipinski definition) is 3. The Labute approximate surface area is 137 Å². The van der Waals surface area contributed by atoms with Gasteiger partial charge in [-0.3, -0.25) is 0 Å². The maximum atomic E-state index is 13.1. The first-order chi connectivity index (χ1) is 11.6. The largest absolute Gasteiger partial charge is 0.476 e. The van der Waals surface area contributed by atoms with Crippen LogP contribution in [0.2, 0.25) is 0 Å². The molecule has 0 atom stereocenters. The van der Waals surface area contributed by atoms with E-state index in [-0.39, 0.29) is 18.1 Å². The zero-order valence-electron chi connectivity index (χ0n) is 12.9. The van der Waals surface area contributed by atoms with E-state index in [9.17, 15) is 14.3 Å². The summed E-state index contributed by atoms with van der Waals surface area (Å²) in [4.78, 5) is 21.5. The molecular weight excluding hydrogens is 311 g/mol. The van der Waals surface area contributed by atoms with Crippen LogP contribution in [-0.2, 0) is 6.61 Å². The van der Waals surface area contributed by atoms with Crippen LogP contribution in [0.25, 0.3) is 11.4 Å². The van der Waals surface area contributed by atoms with Gasteiger partial charge in [-0.05, 0) is 36.8 Å². The molecule has 1 heterocycles. The molecule has 0 aliphatic heterocycles. The van der Waals surface area contributed by atoms with E-state index in [1.165, 1.54) is 29.0 Å². The number of carbonyl (C=O) groups is 1. The lowest BCUT2D eigenvalue weighted by molar-refractivity contribution is 0.0574. The molecule has 0 spiro atoms. The third kappa shape index (κ3) is 3.12. The first-order valence-corrected chi connectivity index (χ1v) is 7.32. The van der Waals surface area contributed by atoms with E-state index in [0.29, 0.717) is 17.1 Å². The molecule has 0 fully saturated rings. The second kappa shape index (κ2) is 6.54. The van der Waals surface area contributed by atoms with Gasteiger partial charge in [0.2, 0.25) is 0 Å². The SMILES string of the molecule is Cc1nc(-c2ccc(F)cc2)n(OCc2ccccc2)c1C(=O)O. The highest BCUT2D eigenvalue weighted by molar-refractivity contribution is 5.88. The highest BCUT2D eigenvalue weighted by atomic mass is 19.1. The Morgan fingerprint density at radius 1 is 1.17 bits per heavy atom. The molecule has 0 saturated heterocycles. The number of rotatable bonds is 5. The summed E-state index contributed by atoms with van der Waals surface area (Å²) in [7, 11) is 0. The molecule has 0 radical (unpaired) electrons. The zero-order chi connectivity index (χ0) is 17.1. The summed E-state index contributed by atoms with van der Waals surface area (Å²) in [6, 6.07) is 15.0. The number of aromatic nitrogens is 2. The van der Waals surface area contributed by atoms with Crippen molar-refractivity contribution in [1.29, 1.82) is 0 Å². The first kappa shape index (κ1) is 15.7. The summed E-state index contributed by atoms with van der Waals surface area (Å²) in [5, 5.41) is 9.45. The number of carboxylic acid groups (broad SMARTS) is 1. The number of aryl methyl sites for hydroxylation is 1. The van der Waals surface area contributed by atoms with Crippen molar-refractivity contribution in [3.63, 3.8) is 0 Å². The van der Waals surface area contributed by atoms with Gasteiger partial charge in [0.15, 0.2) is 11.5 Å². The summed E-state index contributed by atoms with van der Waals surface area (Å²) in [5.41, 5.74) is 1.74. The predicted molar refractivity (Wildman–Crippen MR) is 86.0 cm³/mol. The van der Waals surface area contributed by atoms with Gasteiger partial charge in [-0.25, -0.2) is 14.2 Å². The number of halogens is 1. The molecule has 2 aromatic carbocycles. The van der Waals surface area contributed by atoms with E-state index in [1.807, 2.05) is 30.3 Å². The number of nitrogens with zero attached hydrogens (tertiary/aromatic N) is 2. The van der Waals surface area contributed by atoms with Crippen LogP contribution in [0.4, 0.5) is 4.39 Å². The lowest BCUT2D eigenvalue weighted by Crippen LogP contribution is -2.18. The molecular formula is C18H15FN2O3. The highest BCUT2D eigenvalue weighted by Crippen LogP contribution is 2.22. The average molecular weight is 326 g/mol. The smallest absolute Gasteiger partial charge is 0.357 e. The molecule has 0 amide bonds. The van der Waals surface area contributed by atoms with Crippen LogP contribution < -0.4 is 4.84 Å². The number of carboxylic acids is 1. The van der Waals surface area contributed by atoms with Gasteiger partial charge in [0.05, 0.1) is 5.69 Å². The van der Waals surface area contributed by atoms with E-state index in [1.54, 1.807) is 6.92 Å². The van der Waals surface area contributed by atoms with Crippen molar-refractivity contribution < 1.29 is 19.1 Å². The van der Waals surface area contributed by atoms with Crippen LogP contribution in [0, 0.1) is 12.7 Å². The van der Waals surface area contributed by atoms with Crippen LogP contribution in [0.5, 0.6) is 0 Å².